The monoisotopic (exact) mass is 494 g/mol. The highest BCUT2D eigenvalue weighted by molar-refractivity contribution is 6.07. The lowest BCUT2D eigenvalue weighted by Crippen LogP contribution is -2.25. The summed E-state index contributed by atoms with van der Waals surface area (Å²) >= 11 is 0. The zero-order valence-electron chi connectivity index (χ0n) is 22.8. The summed E-state index contributed by atoms with van der Waals surface area (Å²) in [6, 6.07) is 10.7. The van der Waals surface area contributed by atoms with Gasteiger partial charge in [0.1, 0.15) is 17.2 Å². The van der Waals surface area contributed by atoms with Gasteiger partial charge in [0, 0.05) is 17.2 Å². The molecule has 0 saturated carbocycles. The molecule has 2 rings (SSSR count). The van der Waals surface area contributed by atoms with Crippen molar-refractivity contribution < 1.29 is 23.8 Å². The van der Waals surface area contributed by atoms with Gasteiger partial charge in [-0.25, -0.2) is 0 Å². The van der Waals surface area contributed by atoms with Crippen LogP contribution in [0.1, 0.15) is 95.1 Å². The summed E-state index contributed by atoms with van der Waals surface area (Å²) in [6.07, 6.45) is 9.33. The van der Waals surface area contributed by atoms with E-state index >= 15 is 0 Å². The first-order chi connectivity index (χ1) is 17.2. The zero-order chi connectivity index (χ0) is 26.6. The molecule has 0 spiro atoms. The number of hydrogen-bond donors (Lipinski definition) is 0. The highest BCUT2D eigenvalue weighted by Crippen LogP contribution is 2.32. The van der Waals surface area contributed by atoms with Crippen molar-refractivity contribution in [1.82, 2.24) is 0 Å². The first-order valence-electron chi connectivity index (χ1n) is 13.2. The maximum Gasteiger partial charge on any atom is 0.316 e. The number of hydrogen-bond acceptors (Lipinski definition) is 5. The molecule has 0 aromatic heterocycles. The van der Waals surface area contributed by atoms with E-state index in [9.17, 15) is 9.59 Å². The number of esters is 1. The van der Waals surface area contributed by atoms with Crippen LogP contribution in [0, 0.1) is 5.41 Å². The number of carbonyl (C=O) groups excluding carboxylic acids is 2. The van der Waals surface area contributed by atoms with Crippen LogP contribution in [0.3, 0.4) is 0 Å². The normalized spacial score (nSPS) is 11.5. The number of benzene rings is 2. The van der Waals surface area contributed by atoms with Gasteiger partial charge in [-0.15, -0.1) is 0 Å². The minimum absolute atomic E-state index is 0.136. The Kier molecular flexibility index (Phi) is 11.7. The summed E-state index contributed by atoms with van der Waals surface area (Å²) in [7, 11) is 0. The second kappa shape index (κ2) is 14.5. The molecule has 5 heteroatoms. The van der Waals surface area contributed by atoms with Crippen molar-refractivity contribution in [2.45, 2.75) is 80.1 Å². The maximum absolute atomic E-state index is 12.9. The number of unbranched alkanes of at least 4 members (excludes halogenated alkanes) is 2. The summed E-state index contributed by atoms with van der Waals surface area (Å²) in [6.45, 7) is 13.1. The molecule has 0 heterocycles. The van der Waals surface area contributed by atoms with Crippen molar-refractivity contribution in [3.8, 4) is 17.2 Å². The molecule has 0 saturated heterocycles. The lowest BCUT2D eigenvalue weighted by Gasteiger charge is -2.16. The van der Waals surface area contributed by atoms with Crippen LogP contribution in [0.2, 0.25) is 0 Å². The van der Waals surface area contributed by atoms with Crippen molar-refractivity contribution in [2.75, 3.05) is 13.2 Å². The first kappa shape index (κ1) is 29.2. The van der Waals surface area contributed by atoms with Gasteiger partial charge in [-0.1, -0.05) is 40.0 Å². The molecule has 0 aliphatic rings. The van der Waals surface area contributed by atoms with E-state index in [2.05, 4.69) is 26.8 Å². The molecule has 0 aliphatic heterocycles. The van der Waals surface area contributed by atoms with E-state index in [1.165, 1.54) is 0 Å². The van der Waals surface area contributed by atoms with Crippen LogP contribution in [0.4, 0.5) is 0 Å². The van der Waals surface area contributed by atoms with Crippen molar-refractivity contribution in [3.05, 3.63) is 59.2 Å². The summed E-state index contributed by atoms with van der Waals surface area (Å²) in [5.41, 5.74) is 1.90. The Morgan fingerprint density at radius 1 is 0.833 bits per heavy atom. The third-order valence-corrected chi connectivity index (χ3v) is 5.60. The number of ketones is 1. The molecule has 5 nitrogen and oxygen atoms in total. The minimum Gasteiger partial charge on any atom is -0.493 e. The van der Waals surface area contributed by atoms with Crippen molar-refractivity contribution in [1.29, 1.82) is 0 Å². The van der Waals surface area contributed by atoms with Gasteiger partial charge < -0.3 is 14.2 Å². The van der Waals surface area contributed by atoms with Crippen LogP contribution in [0.25, 0.3) is 6.08 Å². The Morgan fingerprint density at radius 2 is 1.44 bits per heavy atom. The minimum atomic E-state index is -0.596. The Morgan fingerprint density at radius 3 is 2.00 bits per heavy atom. The Hall–Kier alpha value is -3.08. The molecular formula is C31H42O5. The number of allylic oxidation sites excluding steroid dienone is 1. The summed E-state index contributed by atoms with van der Waals surface area (Å²) in [5, 5.41) is 0. The zero-order valence-corrected chi connectivity index (χ0v) is 22.8. The fourth-order valence-electron chi connectivity index (χ4n) is 3.34. The average Bonchev–Trinajstić information content (AvgIpc) is 2.84. The van der Waals surface area contributed by atoms with E-state index in [-0.39, 0.29) is 11.8 Å². The van der Waals surface area contributed by atoms with E-state index in [0.717, 1.165) is 61.2 Å². The predicted octanol–water partition coefficient (Wildman–Crippen LogP) is 7.84. The predicted molar refractivity (Wildman–Crippen MR) is 146 cm³/mol. The van der Waals surface area contributed by atoms with Crippen LogP contribution < -0.4 is 14.2 Å². The summed E-state index contributed by atoms with van der Waals surface area (Å²) in [4.78, 5) is 25.0. The number of carbonyl (C=O) groups is 2. The molecule has 0 radical (unpaired) electrons. The van der Waals surface area contributed by atoms with E-state index in [0.29, 0.717) is 24.5 Å². The lowest BCUT2D eigenvalue weighted by molar-refractivity contribution is -0.143. The van der Waals surface area contributed by atoms with Crippen LogP contribution in [-0.2, 0) is 11.2 Å². The topological polar surface area (TPSA) is 61.8 Å². The van der Waals surface area contributed by atoms with Gasteiger partial charge in [0.05, 0.1) is 18.6 Å². The molecule has 0 atom stereocenters. The average molecular weight is 495 g/mol. The molecule has 0 N–H and O–H groups in total. The van der Waals surface area contributed by atoms with Gasteiger partial charge in [-0.05, 0) is 88.1 Å². The third kappa shape index (κ3) is 9.18. The van der Waals surface area contributed by atoms with E-state index in [1.54, 1.807) is 51.1 Å². The van der Waals surface area contributed by atoms with Crippen LogP contribution in [0.15, 0.2) is 42.5 Å². The van der Waals surface area contributed by atoms with Gasteiger partial charge in [-0.2, -0.15) is 0 Å². The lowest BCUT2D eigenvalue weighted by atomic mass is 9.97. The smallest absolute Gasteiger partial charge is 0.316 e. The molecule has 36 heavy (non-hydrogen) atoms. The molecule has 0 fully saturated rings. The molecular weight excluding hydrogens is 452 g/mol. The standard InChI is InChI=1S/C31H42O5/c1-7-10-19-34-28-22-29(35-20-11-8-2)25(21-24(28)12-9-3)15-18-27(32)23-13-16-26(17-14-23)36-30(33)31(4,5)6/h13-18,21-22H,7-12,19-20H2,1-6H3. The SMILES string of the molecule is CCCCOc1cc(OCCCC)c(CCC)cc1C=CC(=O)c1ccc(OC(=O)C(C)(C)C)cc1. The second-order valence-electron chi connectivity index (χ2n) is 10.0. The highest BCUT2D eigenvalue weighted by atomic mass is 16.5. The Labute approximate surface area is 216 Å². The number of ether oxygens (including phenoxy) is 3. The summed E-state index contributed by atoms with van der Waals surface area (Å²) in [5.74, 6) is 1.56. The fourth-order valence-corrected chi connectivity index (χ4v) is 3.34. The van der Waals surface area contributed by atoms with Gasteiger partial charge >= 0.3 is 5.97 Å². The Balaban J connectivity index is 2.25. The van der Waals surface area contributed by atoms with Crippen molar-refractivity contribution >= 4 is 17.8 Å². The van der Waals surface area contributed by atoms with Gasteiger partial charge in [0.2, 0.25) is 0 Å². The van der Waals surface area contributed by atoms with E-state index < -0.39 is 5.41 Å². The second-order valence-corrected chi connectivity index (χ2v) is 10.0. The van der Waals surface area contributed by atoms with Crippen LogP contribution >= 0.6 is 0 Å². The maximum atomic E-state index is 12.9. The largest absolute Gasteiger partial charge is 0.493 e. The number of rotatable bonds is 14. The highest BCUT2D eigenvalue weighted by Gasteiger charge is 2.23. The number of aryl methyl sites for hydroxylation is 1. The molecule has 2 aromatic carbocycles. The van der Waals surface area contributed by atoms with E-state index in [4.69, 9.17) is 14.2 Å². The third-order valence-electron chi connectivity index (χ3n) is 5.60. The van der Waals surface area contributed by atoms with Gasteiger partial charge in [0.15, 0.2) is 5.78 Å². The van der Waals surface area contributed by atoms with Crippen LogP contribution in [-0.4, -0.2) is 25.0 Å². The van der Waals surface area contributed by atoms with Gasteiger partial charge in [-0.3, -0.25) is 9.59 Å². The molecule has 0 bridgehead atoms. The van der Waals surface area contributed by atoms with Crippen molar-refractivity contribution in [2.24, 2.45) is 5.41 Å². The quantitative estimate of drug-likeness (QED) is 0.0880. The molecule has 196 valence electrons. The molecule has 2 aromatic rings. The Bertz CT molecular complexity index is 1010. The fraction of sp³-hybridized carbons (Fsp3) is 0.484. The van der Waals surface area contributed by atoms with Crippen LogP contribution in [0.5, 0.6) is 17.2 Å². The molecule has 0 unspecified atom stereocenters. The molecule has 0 aliphatic carbocycles. The van der Waals surface area contributed by atoms with E-state index in [1.807, 2.05) is 12.1 Å². The van der Waals surface area contributed by atoms with Gasteiger partial charge in [0.25, 0.3) is 0 Å². The first-order valence-corrected chi connectivity index (χ1v) is 13.2. The summed E-state index contributed by atoms with van der Waals surface area (Å²) < 4.78 is 17.6. The molecule has 0 amide bonds. The van der Waals surface area contributed by atoms with Crippen molar-refractivity contribution in [3.63, 3.8) is 0 Å².